The Morgan fingerprint density at radius 3 is 2.50 bits per heavy atom. The third kappa shape index (κ3) is 3.97. The summed E-state index contributed by atoms with van der Waals surface area (Å²) >= 11 is 5.97. The molecule has 34 heavy (non-hydrogen) atoms. The number of carboxylic acids is 1. The van der Waals surface area contributed by atoms with E-state index in [1.165, 1.54) is 12.1 Å². The minimum Gasteiger partial charge on any atom is -0.478 e. The van der Waals surface area contributed by atoms with Crippen LogP contribution in [0, 0.1) is 0 Å². The molecule has 4 aromatic rings. The van der Waals surface area contributed by atoms with Crippen molar-refractivity contribution in [1.82, 2.24) is 9.55 Å². The Labute approximate surface area is 199 Å². The summed E-state index contributed by atoms with van der Waals surface area (Å²) in [6, 6.07) is 18.3. The van der Waals surface area contributed by atoms with Crippen molar-refractivity contribution >= 4 is 51.7 Å². The minimum atomic E-state index is -1.19. The summed E-state index contributed by atoms with van der Waals surface area (Å²) in [6.07, 6.45) is 2.67. The summed E-state index contributed by atoms with van der Waals surface area (Å²) in [7, 11) is 0. The molecule has 1 aromatic heterocycles. The molecule has 8 heteroatoms. The fraction of sp³-hybridized carbons (Fsp3) is 0.0769. The molecule has 0 saturated carbocycles. The first kappa shape index (κ1) is 21.6. The number of aromatic nitrogens is 2. The third-order valence-electron chi connectivity index (χ3n) is 5.72. The van der Waals surface area contributed by atoms with Crippen LogP contribution in [0.5, 0.6) is 0 Å². The molecule has 0 saturated heterocycles. The van der Waals surface area contributed by atoms with Crippen molar-refractivity contribution in [3.63, 3.8) is 0 Å². The molecule has 0 spiro atoms. The van der Waals surface area contributed by atoms with Crippen LogP contribution in [-0.4, -0.2) is 26.5 Å². The number of amides is 1. The molecule has 2 N–H and O–H groups in total. The molecule has 1 aliphatic heterocycles. The maximum absolute atomic E-state index is 13.1. The molecule has 5 rings (SSSR count). The van der Waals surface area contributed by atoms with E-state index in [-0.39, 0.29) is 16.7 Å². The van der Waals surface area contributed by atoms with E-state index < -0.39 is 11.9 Å². The number of nitrogens with one attached hydrogen (secondary N) is 1. The zero-order valence-electron chi connectivity index (χ0n) is 17.8. The zero-order valence-corrected chi connectivity index (χ0v) is 18.5. The maximum Gasteiger partial charge on any atom is 0.336 e. The molecule has 0 bridgehead atoms. The Kier molecular flexibility index (Phi) is 5.47. The molecule has 1 aliphatic rings. The number of carboxylic acid groups (broad SMARTS) is 1. The quantitative estimate of drug-likeness (QED) is 0.438. The van der Waals surface area contributed by atoms with E-state index in [4.69, 9.17) is 16.6 Å². The number of rotatable bonds is 4. The smallest absolute Gasteiger partial charge is 0.336 e. The van der Waals surface area contributed by atoms with Gasteiger partial charge in [-0.1, -0.05) is 35.9 Å². The van der Waals surface area contributed by atoms with Crippen molar-refractivity contribution in [2.75, 3.05) is 5.32 Å². The monoisotopic (exact) mass is 471 g/mol. The second kappa shape index (κ2) is 8.61. The second-order valence-corrected chi connectivity index (χ2v) is 8.34. The number of halogens is 1. The van der Waals surface area contributed by atoms with Crippen molar-refractivity contribution in [3.8, 4) is 0 Å². The van der Waals surface area contributed by atoms with Gasteiger partial charge in [0.15, 0.2) is 0 Å². The Bertz CT molecular complexity index is 1560. The number of carbonyl (C=O) groups excluding carboxylic acids is 1. The van der Waals surface area contributed by atoms with Crippen LogP contribution in [0.15, 0.2) is 71.5 Å². The number of fused-ring (bicyclic) bond motifs is 2. The highest BCUT2D eigenvalue weighted by atomic mass is 35.5. The number of anilines is 1. The molecule has 0 fully saturated rings. The number of benzene rings is 3. The SMILES string of the molecule is O=C(O)c1ccccc1C(=O)Nc1ccc2c(=O)n3c(nc2c1)/C(=C/c1ccc(Cl)cc1)CC3. The van der Waals surface area contributed by atoms with Crippen molar-refractivity contribution < 1.29 is 14.7 Å². The first-order chi connectivity index (χ1) is 16.4. The summed E-state index contributed by atoms with van der Waals surface area (Å²) in [5, 5.41) is 13.2. The molecule has 3 aromatic carbocycles. The third-order valence-corrected chi connectivity index (χ3v) is 5.97. The molecule has 1 amide bonds. The summed E-state index contributed by atoms with van der Waals surface area (Å²) in [5.41, 5.74) is 2.57. The van der Waals surface area contributed by atoms with Gasteiger partial charge >= 0.3 is 5.97 Å². The highest BCUT2D eigenvalue weighted by Gasteiger charge is 2.21. The van der Waals surface area contributed by atoms with Crippen LogP contribution in [-0.2, 0) is 6.54 Å². The highest BCUT2D eigenvalue weighted by Crippen LogP contribution is 2.28. The standard InChI is InChI=1S/C26H18ClN3O4/c27-17-7-5-15(6-8-17)13-16-11-12-30-23(16)29-22-14-18(9-10-21(22)25(30)32)28-24(31)19-3-1-2-4-20(19)26(33)34/h1-10,13-14H,11-12H2,(H,28,31)(H,33,34)/b16-13+. The van der Waals surface area contributed by atoms with Gasteiger partial charge in [0, 0.05) is 17.3 Å². The van der Waals surface area contributed by atoms with Gasteiger partial charge in [-0.3, -0.25) is 14.2 Å². The van der Waals surface area contributed by atoms with Crippen LogP contribution in [0.2, 0.25) is 5.02 Å². The number of nitrogens with zero attached hydrogens (tertiary/aromatic N) is 2. The van der Waals surface area contributed by atoms with Crippen molar-refractivity contribution in [2.45, 2.75) is 13.0 Å². The average molecular weight is 472 g/mol. The van der Waals surface area contributed by atoms with Gasteiger partial charge in [-0.15, -0.1) is 0 Å². The van der Waals surface area contributed by atoms with Gasteiger partial charge in [0.1, 0.15) is 5.82 Å². The number of carbonyl (C=O) groups is 2. The topological polar surface area (TPSA) is 101 Å². The van der Waals surface area contributed by atoms with Gasteiger partial charge in [-0.25, -0.2) is 9.78 Å². The first-order valence-electron chi connectivity index (χ1n) is 10.6. The Morgan fingerprint density at radius 2 is 1.76 bits per heavy atom. The molecule has 0 radical (unpaired) electrons. The van der Waals surface area contributed by atoms with Gasteiger partial charge in [0.25, 0.3) is 11.5 Å². The van der Waals surface area contributed by atoms with E-state index in [0.717, 1.165) is 11.1 Å². The predicted molar refractivity (Wildman–Crippen MR) is 131 cm³/mol. The van der Waals surface area contributed by atoms with E-state index in [2.05, 4.69) is 5.32 Å². The van der Waals surface area contributed by atoms with Crippen molar-refractivity contribution in [3.05, 3.63) is 105 Å². The molecule has 0 aliphatic carbocycles. The maximum atomic E-state index is 13.1. The lowest BCUT2D eigenvalue weighted by Gasteiger charge is -2.10. The normalized spacial score (nSPS) is 13.7. The van der Waals surface area contributed by atoms with E-state index in [9.17, 15) is 19.5 Å². The zero-order chi connectivity index (χ0) is 23.8. The van der Waals surface area contributed by atoms with E-state index in [1.807, 2.05) is 18.2 Å². The lowest BCUT2D eigenvalue weighted by molar-refractivity contribution is 0.0692. The number of aromatic carboxylic acids is 1. The average Bonchev–Trinajstić information content (AvgIpc) is 3.23. The molecule has 168 valence electrons. The summed E-state index contributed by atoms with van der Waals surface area (Å²) in [4.78, 5) is 42.0. The van der Waals surface area contributed by atoms with Crippen LogP contribution in [0.1, 0.15) is 38.5 Å². The molecule has 0 unspecified atom stereocenters. The Morgan fingerprint density at radius 1 is 1.03 bits per heavy atom. The van der Waals surface area contributed by atoms with Gasteiger partial charge < -0.3 is 10.4 Å². The van der Waals surface area contributed by atoms with Gasteiger partial charge in [-0.2, -0.15) is 0 Å². The Balaban J connectivity index is 1.51. The van der Waals surface area contributed by atoms with E-state index in [1.54, 1.807) is 47.0 Å². The largest absolute Gasteiger partial charge is 0.478 e. The lowest BCUT2D eigenvalue weighted by Crippen LogP contribution is -2.21. The molecular weight excluding hydrogens is 454 g/mol. The number of allylic oxidation sites excluding steroid dienone is 1. The van der Waals surface area contributed by atoms with Crippen molar-refractivity contribution in [1.29, 1.82) is 0 Å². The fourth-order valence-corrected chi connectivity index (χ4v) is 4.18. The number of hydrogen-bond acceptors (Lipinski definition) is 4. The predicted octanol–water partition coefficient (Wildman–Crippen LogP) is 4.94. The fourth-order valence-electron chi connectivity index (χ4n) is 4.06. The van der Waals surface area contributed by atoms with E-state index in [0.29, 0.717) is 40.4 Å². The summed E-state index contributed by atoms with van der Waals surface area (Å²) < 4.78 is 1.66. The minimum absolute atomic E-state index is 0.0465. The van der Waals surface area contributed by atoms with Crippen molar-refractivity contribution in [2.24, 2.45) is 0 Å². The van der Waals surface area contributed by atoms with E-state index >= 15 is 0 Å². The van der Waals surface area contributed by atoms with Crippen LogP contribution in [0.3, 0.4) is 0 Å². The van der Waals surface area contributed by atoms with Crippen LogP contribution < -0.4 is 10.9 Å². The Hall–Kier alpha value is -4.23. The van der Waals surface area contributed by atoms with Crippen LogP contribution in [0.4, 0.5) is 5.69 Å². The second-order valence-electron chi connectivity index (χ2n) is 7.90. The van der Waals surface area contributed by atoms with Gasteiger partial charge in [-0.05, 0) is 66.1 Å². The highest BCUT2D eigenvalue weighted by molar-refractivity contribution is 6.30. The van der Waals surface area contributed by atoms with Gasteiger partial charge in [0.05, 0.1) is 22.0 Å². The van der Waals surface area contributed by atoms with Crippen LogP contribution >= 0.6 is 11.6 Å². The number of hydrogen-bond donors (Lipinski definition) is 2. The summed E-state index contributed by atoms with van der Waals surface area (Å²) in [6.45, 7) is 0.543. The van der Waals surface area contributed by atoms with Crippen LogP contribution in [0.25, 0.3) is 22.6 Å². The summed E-state index contributed by atoms with van der Waals surface area (Å²) in [5.74, 6) is -1.15. The molecule has 0 atom stereocenters. The van der Waals surface area contributed by atoms with Gasteiger partial charge in [0.2, 0.25) is 0 Å². The lowest BCUT2D eigenvalue weighted by atomic mass is 10.1. The molecular formula is C26H18ClN3O4. The molecule has 2 heterocycles. The molecule has 7 nitrogen and oxygen atoms in total. The first-order valence-corrected chi connectivity index (χ1v) is 10.9.